The van der Waals surface area contributed by atoms with Crippen molar-refractivity contribution in [1.82, 2.24) is 4.90 Å². The van der Waals surface area contributed by atoms with E-state index in [4.69, 9.17) is 0 Å². The van der Waals surface area contributed by atoms with Gasteiger partial charge in [-0.1, -0.05) is 6.42 Å². The van der Waals surface area contributed by atoms with E-state index in [9.17, 15) is 4.79 Å². The molecule has 0 aliphatic carbocycles. The van der Waals surface area contributed by atoms with Crippen molar-refractivity contribution in [3.05, 3.63) is 0 Å². The number of likely N-dealkylation sites (tertiary alicyclic amines) is 1. The van der Waals surface area contributed by atoms with Crippen LogP contribution in [0.15, 0.2) is 0 Å². The fourth-order valence-corrected chi connectivity index (χ4v) is 1.27. The van der Waals surface area contributed by atoms with Gasteiger partial charge < -0.3 is 4.79 Å². The summed E-state index contributed by atoms with van der Waals surface area (Å²) in [5.74, 6) is 0. The minimum absolute atomic E-state index is 0.207. The second-order valence-corrected chi connectivity index (χ2v) is 2.68. The van der Waals surface area contributed by atoms with Gasteiger partial charge >= 0.3 is 0 Å². The molecule has 1 fully saturated rings. The van der Waals surface area contributed by atoms with Crippen molar-refractivity contribution in [2.45, 2.75) is 25.3 Å². The number of piperidine rings is 1. The van der Waals surface area contributed by atoms with E-state index in [1.165, 1.54) is 12.8 Å². The lowest BCUT2D eigenvalue weighted by Gasteiger charge is -2.27. The predicted molar refractivity (Wildman–Crippen MR) is 36.3 cm³/mol. The zero-order valence-electron chi connectivity index (χ0n) is 5.84. The molecule has 1 aliphatic rings. The Morgan fingerprint density at radius 3 is 2.78 bits per heavy atom. The summed E-state index contributed by atoms with van der Waals surface area (Å²) >= 11 is 0. The summed E-state index contributed by atoms with van der Waals surface area (Å²) in [5.41, 5.74) is 0. The van der Waals surface area contributed by atoms with Crippen LogP contribution in [0.3, 0.4) is 0 Å². The van der Waals surface area contributed by atoms with Crippen LogP contribution in [0, 0.1) is 0 Å². The SMILES string of the molecule is CN1CCCC[C@@H]1C=O. The van der Waals surface area contributed by atoms with E-state index in [1.54, 1.807) is 0 Å². The van der Waals surface area contributed by atoms with Crippen LogP contribution in [0.5, 0.6) is 0 Å². The average Bonchev–Trinajstić information content (AvgIpc) is 1.89. The van der Waals surface area contributed by atoms with Gasteiger partial charge in [0.25, 0.3) is 0 Å². The van der Waals surface area contributed by atoms with Gasteiger partial charge in [0, 0.05) is 0 Å². The van der Waals surface area contributed by atoms with E-state index in [0.717, 1.165) is 19.3 Å². The summed E-state index contributed by atoms with van der Waals surface area (Å²) in [4.78, 5) is 12.5. The highest BCUT2D eigenvalue weighted by Crippen LogP contribution is 2.12. The number of carbonyl (C=O) groups excluding carboxylic acids is 1. The highest BCUT2D eigenvalue weighted by Gasteiger charge is 2.16. The standard InChI is InChI=1S/C7H13NO/c1-8-5-3-2-4-7(8)6-9/h6-7H,2-5H2,1H3/t7-/m1/s1. The molecule has 2 nitrogen and oxygen atoms in total. The number of rotatable bonds is 1. The molecule has 2 heteroatoms. The van der Waals surface area contributed by atoms with E-state index in [2.05, 4.69) is 4.90 Å². The Kier molecular flexibility index (Phi) is 2.22. The minimum Gasteiger partial charge on any atom is -0.302 e. The molecule has 0 amide bonds. The Hall–Kier alpha value is -0.370. The topological polar surface area (TPSA) is 20.3 Å². The summed E-state index contributed by atoms with van der Waals surface area (Å²) in [6.45, 7) is 1.09. The molecule has 0 aromatic rings. The summed E-state index contributed by atoms with van der Waals surface area (Å²) < 4.78 is 0. The Labute approximate surface area is 55.8 Å². The quantitative estimate of drug-likeness (QED) is 0.482. The molecule has 1 aliphatic heterocycles. The number of nitrogens with zero attached hydrogens (tertiary/aromatic N) is 1. The molecular weight excluding hydrogens is 114 g/mol. The van der Waals surface area contributed by atoms with E-state index in [0.29, 0.717) is 0 Å². The third kappa shape index (κ3) is 1.52. The summed E-state index contributed by atoms with van der Waals surface area (Å²) in [6, 6.07) is 0.207. The van der Waals surface area contributed by atoms with Crippen molar-refractivity contribution in [2.24, 2.45) is 0 Å². The highest BCUT2D eigenvalue weighted by atomic mass is 16.1. The van der Waals surface area contributed by atoms with Crippen molar-refractivity contribution in [2.75, 3.05) is 13.6 Å². The first-order valence-electron chi connectivity index (χ1n) is 3.50. The van der Waals surface area contributed by atoms with Crippen LogP contribution in [0.25, 0.3) is 0 Å². The van der Waals surface area contributed by atoms with Gasteiger partial charge in [0.15, 0.2) is 0 Å². The number of aldehydes is 1. The van der Waals surface area contributed by atoms with E-state index in [1.807, 2.05) is 7.05 Å². The third-order valence-electron chi connectivity index (χ3n) is 1.98. The van der Waals surface area contributed by atoms with Gasteiger partial charge in [-0.05, 0) is 26.4 Å². The number of hydrogen-bond donors (Lipinski definition) is 0. The fraction of sp³-hybridized carbons (Fsp3) is 0.857. The largest absolute Gasteiger partial charge is 0.302 e. The van der Waals surface area contributed by atoms with Crippen LogP contribution < -0.4 is 0 Å². The van der Waals surface area contributed by atoms with Gasteiger partial charge in [-0.2, -0.15) is 0 Å². The smallest absolute Gasteiger partial charge is 0.137 e. The van der Waals surface area contributed by atoms with E-state index < -0.39 is 0 Å². The zero-order chi connectivity index (χ0) is 6.69. The second kappa shape index (κ2) is 2.97. The molecule has 1 saturated heterocycles. The molecule has 0 aromatic heterocycles. The van der Waals surface area contributed by atoms with Gasteiger partial charge in [-0.3, -0.25) is 4.90 Å². The summed E-state index contributed by atoms with van der Waals surface area (Å²) in [5, 5.41) is 0. The molecule has 0 aromatic carbocycles. The molecule has 0 radical (unpaired) electrons. The second-order valence-electron chi connectivity index (χ2n) is 2.68. The summed E-state index contributed by atoms with van der Waals surface area (Å²) in [6.07, 6.45) is 4.58. The number of carbonyl (C=O) groups is 1. The van der Waals surface area contributed by atoms with Gasteiger partial charge in [0.2, 0.25) is 0 Å². The van der Waals surface area contributed by atoms with Crippen LogP contribution in [0.4, 0.5) is 0 Å². The molecule has 52 valence electrons. The lowest BCUT2D eigenvalue weighted by Crippen LogP contribution is -2.37. The van der Waals surface area contributed by atoms with Crippen molar-refractivity contribution in [1.29, 1.82) is 0 Å². The van der Waals surface area contributed by atoms with Gasteiger partial charge in [0.1, 0.15) is 6.29 Å². The minimum atomic E-state index is 0.207. The van der Waals surface area contributed by atoms with Gasteiger partial charge in [0.05, 0.1) is 6.04 Å². The van der Waals surface area contributed by atoms with E-state index >= 15 is 0 Å². The van der Waals surface area contributed by atoms with Gasteiger partial charge in [-0.15, -0.1) is 0 Å². The van der Waals surface area contributed by atoms with Crippen molar-refractivity contribution >= 4 is 6.29 Å². The molecule has 1 rings (SSSR count). The van der Waals surface area contributed by atoms with Crippen LogP contribution in [0.2, 0.25) is 0 Å². The van der Waals surface area contributed by atoms with Crippen molar-refractivity contribution in [3.63, 3.8) is 0 Å². The Bertz CT molecular complexity index is 103. The molecule has 9 heavy (non-hydrogen) atoms. The number of likely N-dealkylation sites (N-methyl/N-ethyl adjacent to an activating group) is 1. The van der Waals surface area contributed by atoms with Crippen LogP contribution in [0.1, 0.15) is 19.3 Å². The monoisotopic (exact) mass is 127 g/mol. The van der Waals surface area contributed by atoms with Crippen molar-refractivity contribution < 1.29 is 4.79 Å². The molecule has 0 N–H and O–H groups in total. The Morgan fingerprint density at radius 1 is 1.56 bits per heavy atom. The van der Waals surface area contributed by atoms with Crippen LogP contribution in [-0.2, 0) is 4.79 Å². The molecule has 0 spiro atoms. The normalized spacial score (nSPS) is 30.1. The lowest BCUT2D eigenvalue weighted by molar-refractivity contribution is -0.112. The maximum atomic E-state index is 10.3. The number of hydrogen-bond acceptors (Lipinski definition) is 2. The maximum absolute atomic E-state index is 10.3. The molecule has 1 atom stereocenters. The van der Waals surface area contributed by atoms with Crippen LogP contribution >= 0.6 is 0 Å². The summed E-state index contributed by atoms with van der Waals surface area (Å²) in [7, 11) is 2.01. The average molecular weight is 127 g/mol. The first-order chi connectivity index (χ1) is 4.34. The predicted octanol–water partition coefficient (Wildman–Crippen LogP) is 0.670. The molecule has 0 unspecified atom stereocenters. The Morgan fingerprint density at radius 2 is 2.33 bits per heavy atom. The van der Waals surface area contributed by atoms with Crippen LogP contribution in [-0.4, -0.2) is 30.8 Å². The molecule has 1 heterocycles. The molecule has 0 bridgehead atoms. The first kappa shape index (κ1) is 6.75. The third-order valence-corrected chi connectivity index (χ3v) is 1.98. The molecule has 0 saturated carbocycles. The van der Waals surface area contributed by atoms with Crippen molar-refractivity contribution in [3.8, 4) is 0 Å². The van der Waals surface area contributed by atoms with E-state index in [-0.39, 0.29) is 6.04 Å². The zero-order valence-corrected chi connectivity index (χ0v) is 5.84. The highest BCUT2D eigenvalue weighted by molar-refractivity contribution is 5.57. The molecular formula is C7H13NO. The van der Waals surface area contributed by atoms with Gasteiger partial charge in [-0.25, -0.2) is 0 Å². The lowest BCUT2D eigenvalue weighted by atomic mass is 10.0. The maximum Gasteiger partial charge on any atom is 0.137 e. The fourth-order valence-electron chi connectivity index (χ4n) is 1.27. The first-order valence-corrected chi connectivity index (χ1v) is 3.50. The Balaban J connectivity index is 2.38.